The van der Waals surface area contributed by atoms with Gasteiger partial charge in [0, 0.05) is 25.5 Å². The van der Waals surface area contributed by atoms with Crippen molar-refractivity contribution in [3.05, 3.63) is 57.8 Å². The smallest absolute Gasteiger partial charge is 0.321 e. The Balaban J connectivity index is 1.45. The zero-order valence-electron chi connectivity index (χ0n) is 15.0. The molecule has 1 aromatic carbocycles. The summed E-state index contributed by atoms with van der Waals surface area (Å²) in [5, 5.41) is 12.4. The van der Waals surface area contributed by atoms with E-state index in [9.17, 15) is 19.1 Å². The first kappa shape index (κ1) is 18.3. The first-order valence-corrected chi connectivity index (χ1v) is 9.16. The van der Waals surface area contributed by atoms with Crippen molar-refractivity contribution < 1.29 is 14.3 Å². The average molecular weight is 385 g/mol. The summed E-state index contributed by atoms with van der Waals surface area (Å²) in [4.78, 5) is 37.9. The second kappa shape index (κ2) is 7.51. The van der Waals surface area contributed by atoms with Crippen molar-refractivity contribution in [3.8, 4) is 0 Å². The number of imidazole rings is 1. The lowest BCUT2D eigenvalue weighted by Gasteiger charge is -2.13. The van der Waals surface area contributed by atoms with E-state index in [1.165, 1.54) is 24.3 Å². The number of H-pyrrole nitrogens is 2. The van der Waals surface area contributed by atoms with E-state index in [1.807, 2.05) is 0 Å². The molecule has 9 heteroatoms. The molecule has 2 aromatic heterocycles. The zero-order valence-corrected chi connectivity index (χ0v) is 15.0. The van der Waals surface area contributed by atoms with E-state index in [4.69, 9.17) is 0 Å². The number of carboxylic acids is 1. The molecule has 28 heavy (non-hydrogen) atoms. The molecule has 0 saturated heterocycles. The Morgan fingerprint density at radius 2 is 2.07 bits per heavy atom. The highest BCUT2D eigenvalue weighted by molar-refractivity contribution is 5.76. The number of carbonyl (C=O) groups is 1. The number of hydrogen-bond donors (Lipinski definition) is 4. The zero-order chi connectivity index (χ0) is 19.7. The minimum atomic E-state index is -1.05. The number of rotatable bonds is 8. The first-order valence-electron chi connectivity index (χ1n) is 9.16. The molecule has 4 rings (SSSR count). The minimum Gasteiger partial charge on any atom is -0.480 e. The fourth-order valence-electron chi connectivity index (χ4n) is 3.15. The number of nitrogens with zero attached hydrogens (tertiary/aromatic N) is 2. The molecule has 0 spiro atoms. The SMILES string of the molecule is O=C(O)[C@@H](Cc1nc2ccc(F)cc2[nH]1)NCc1cc(=O)[nH]c(CC2CC2)n1. The maximum Gasteiger partial charge on any atom is 0.321 e. The maximum atomic E-state index is 13.3. The highest BCUT2D eigenvalue weighted by Crippen LogP contribution is 2.31. The molecule has 0 radical (unpaired) electrons. The van der Waals surface area contributed by atoms with Crippen LogP contribution in [0.15, 0.2) is 29.1 Å². The molecule has 146 valence electrons. The van der Waals surface area contributed by atoms with Crippen LogP contribution in [0.4, 0.5) is 4.39 Å². The average Bonchev–Trinajstić information content (AvgIpc) is 3.35. The van der Waals surface area contributed by atoms with E-state index >= 15 is 0 Å². The number of aromatic amines is 2. The van der Waals surface area contributed by atoms with E-state index in [0.717, 1.165) is 19.3 Å². The number of benzene rings is 1. The quantitative estimate of drug-likeness (QED) is 0.466. The maximum absolute atomic E-state index is 13.3. The molecule has 1 fully saturated rings. The van der Waals surface area contributed by atoms with Crippen molar-refractivity contribution in [2.75, 3.05) is 0 Å². The summed E-state index contributed by atoms with van der Waals surface area (Å²) in [7, 11) is 0. The largest absolute Gasteiger partial charge is 0.480 e. The number of carboxylic acid groups (broad SMARTS) is 1. The van der Waals surface area contributed by atoms with Gasteiger partial charge in [-0.2, -0.15) is 0 Å². The van der Waals surface area contributed by atoms with Crippen LogP contribution in [-0.2, 0) is 24.2 Å². The molecule has 0 unspecified atom stereocenters. The molecular weight excluding hydrogens is 365 g/mol. The lowest BCUT2D eigenvalue weighted by Crippen LogP contribution is -2.38. The van der Waals surface area contributed by atoms with Gasteiger partial charge in [0.25, 0.3) is 5.56 Å². The lowest BCUT2D eigenvalue weighted by molar-refractivity contribution is -0.139. The summed E-state index contributed by atoms with van der Waals surface area (Å²) >= 11 is 0. The molecule has 4 N–H and O–H groups in total. The van der Waals surface area contributed by atoms with Crippen LogP contribution in [0.5, 0.6) is 0 Å². The van der Waals surface area contributed by atoms with Crippen LogP contribution in [0.25, 0.3) is 11.0 Å². The fraction of sp³-hybridized carbons (Fsp3) is 0.368. The van der Waals surface area contributed by atoms with Gasteiger partial charge in [-0.25, -0.2) is 14.4 Å². The summed E-state index contributed by atoms with van der Waals surface area (Å²) < 4.78 is 13.3. The first-order chi connectivity index (χ1) is 13.5. The Labute approximate surface area is 159 Å². The number of fused-ring (bicyclic) bond motifs is 1. The van der Waals surface area contributed by atoms with Crippen molar-refractivity contribution in [1.29, 1.82) is 0 Å². The van der Waals surface area contributed by atoms with Crippen LogP contribution in [0.3, 0.4) is 0 Å². The number of halogens is 1. The van der Waals surface area contributed by atoms with Crippen LogP contribution in [0.2, 0.25) is 0 Å². The molecule has 1 aliphatic carbocycles. The van der Waals surface area contributed by atoms with E-state index in [0.29, 0.717) is 34.3 Å². The lowest BCUT2D eigenvalue weighted by atomic mass is 10.2. The number of aliphatic carboxylic acids is 1. The molecule has 1 atom stereocenters. The van der Waals surface area contributed by atoms with Gasteiger partial charge in [-0.3, -0.25) is 14.9 Å². The Hall–Kier alpha value is -3.07. The topological polar surface area (TPSA) is 124 Å². The second-order valence-corrected chi connectivity index (χ2v) is 7.15. The third-order valence-electron chi connectivity index (χ3n) is 4.74. The Morgan fingerprint density at radius 1 is 1.25 bits per heavy atom. The van der Waals surface area contributed by atoms with Gasteiger partial charge in [0.1, 0.15) is 23.5 Å². The van der Waals surface area contributed by atoms with Crippen molar-refractivity contribution >= 4 is 17.0 Å². The van der Waals surface area contributed by atoms with Gasteiger partial charge >= 0.3 is 5.97 Å². The molecule has 1 aliphatic rings. The predicted molar refractivity (Wildman–Crippen MR) is 99.3 cm³/mol. The highest BCUT2D eigenvalue weighted by atomic mass is 19.1. The van der Waals surface area contributed by atoms with E-state index in [-0.39, 0.29) is 18.5 Å². The van der Waals surface area contributed by atoms with E-state index in [1.54, 1.807) is 0 Å². The van der Waals surface area contributed by atoms with Gasteiger partial charge in [-0.15, -0.1) is 0 Å². The molecule has 0 aliphatic heterocycles. The Morgan fingerprint density at radius 3 is 2.82 bits per heavy atom. The molecule has 1 saturated carbocycles. The predicted octanol–water partition coefficient (Wildman–Crippen LogP) is 1.52. The molecule has 2 heterocycles. The van der Waals surface area contributed by atoms with E-state index in [2.05, 4.69) is 25.3 Å². The number of nitrogens with one attached hydrogen (secondary N) is 3. The standard InChI is InChI=1S/C19H20FN5O3/c20-11-3-4-13-14(6-11)24-17(23-13)8-15(19(27)28)21-9-12-7-18(26)25-16(22-12)5-10-1-2-10/h3-4,6-7,10,15,21H,1-2,5,8-9H2,(H,23,24)(H,27,28)(H,22,25,26)/t15-/m1/s1. The fourth-order valence-corrected chi connectivity index (χ4v) is 3.15. The summed E-state index contributed by atoms with van der Waals surface area (Å²) in [5.41, 5.74) is 1.34. The normalized spacial score (nSPS) is 15.0. The van der Waals surface area contributed by atoms with Gasteiger partial charge in [0.15, 0.2) is 0 Å². The third-order valence-corrected chi connectivity index (χ3v) is 4.74. The van der Waals surface area contributed by atoms with Crippen LogP contribution in [0, 0.1) is 11.7 Å². The number of aromatic nitrogens is 4. The van der Waals surface area contributed by atoms with Crippen molar-refractivity contribution in [1.82, 2.24) is 25.3 Å². The van der Waals surface area contributed by atoms with Gasteiger partial charge in [0.05, 0.1) is 16.7 Å². The van der Waals surface area contributed by atoms with E-state index < -0.39 is 17.8 Å². The van der Waals surface area contributed by atoms with Gasteiger partial charge in [-0.05, 0) is 37.0 Å². The van der Waals surface area contributed by atoms with Crippen LogP contribution >= 0.6 is 0 Å². The summed E-state index contributed by atoms with van der Waals surface area (Å²) in [6, 6.07) is 4.59. The van der Waals surface area contributed by atoms with Crippen LogP contribution < -0.4 is 10.9 Å². The summed E-state index contributed by atoms with van der Waals surface area (Å²) in [6.07, 6.45) is 3.12. The molecule has 8 nitrogen and oxygen atoms in total. The van der Waals surface area contributed by atoms with Crippen molar-refractivity contribution in [2.45, 2.75) is 38.3 Å². The van der Waals surface area contributed by atoms with Crippen molar-refractivity contribution in [2.24, 2.45) is 5.92 Å². The third kappa shape index (κ3) is 4.42. The molecule has 0 bridgehead atoms. The number of hydrogen-bond acceptors (Lipinski definition) is 5. The van der Waals surface area contributed by atoms with Gasteiger partial charge in [-0.1, -0.05) is 0 Å². The Bertz CT molecular complexity index is 1070. The van der Waals surface area contributed by atoms with Crippen molar-refractivity contribution in [3.63, 3.8) is 0 Å². The van der Waals surface area contributed by atoms with Gasteiger partial charge < -0.3 is 15.1 Å². The molecule has 3 aromatic rings. The van der Waals surface area contributed by atoms with Crippen LogP contribution in [0.1, 0.15) is 30.2 Å². The summed E-state index contributed by atoms with van der Waals surface area (Å²) in [5.74, 6) is 0.218. The molecule has 0 amide bonds. The Kier molecular flexibility index (Phi) is 4.91. The van der Waals surface area contributed by atoms with Gasteiger partial charge in [0.2, 0.25) is 0 Å². The highest BCUT2D eigenvalue weighted by Gasteiger charge is 2.23. The minimum absolute atomic E-state index is 0.0871. The van der Waals surface area contributed by atoms with Crippen LogP contribution in [-0.4, -0.2) is 37.1 Å². The second-order valence-electron chi connectivity index (χ2n) is 7.15. The monoisotopic (exact) mass is 385 g/mol. The molecular formula is C19H20FN5O3. The summed E-state index contributed by atoms with van der Waals surface area (Å²) in [6.45, 7) is 0.146.